The number of thiophene rings is 1. The van der Waals surface area contributed by atoms with Gasteiger partial charge in [-0.25, -0.2) is 9.97 Å². The van der Waals surface area contributed by atoms with E-state index in [9.17, 15) is 0 Å². The molecule has 59 heavy (non-hydrogen) atoms. The number of para-hydroxylation sites is 2. The normalized spacial score (nSPS) is 11.6. The van der Waals surface area contributed by atoms with Gasteiger partial charge < -0.3 is 0 Å². The average molecular weight is 774 g/mol. The molecule has 0 N–H and O–H groups in total. The molecule has 0 atom stereocenters. The van der Waals surface area contributed by atoms with Gasteiger partial charge in [-0.05, 0) is 39.4 Å². The molecule has 0 aliphatic heterocycles. The Bertz CT molecular complexity index is 3550. The van der Waals surface area contributed by atoms with Crippen LogP contribution in [0.3, 0.4) is 0 Å². The molecule has 3 nitrogen and oxygen atoms in total. The lowest BCUT2D eigenvalue weighted by atomic mass is 9.96. The Kier molecular flexibility index (Phi) is 8.53. The molecular formula is C55H39N3S. The van der Waals surface area contributed by atoms with Crippen molar-refractivity contribution in [3.05, 3.63) is 188 Å². The quantitative estimate of drug-likeness (QED) is 0.178. The van der Waals surface area contributed by atoms with E-state index in [1.807, 2.05) is 11.3 Å². The molecule has 0 fully saturated rings. The van der Waals surface area contributed by atoms with Gasteiger partial charge in [-0.15, -0.1) is 11.3 Å². The molecule has 0 saturated carbocycles. The van der Waals surface area contributed by atoms with E-state index >= 15 is 0 Å². The first-order valence-electron chi connectivity index (χ1n) is 20.4. The van der Waals surface area contributed by atoms with Crippen molar-refractivity contribution < 1.29 is 0 Å². The topological polar surface area (TPSA) is 30.7 Å². The standard InChI is InChI=1S/C52H31N3S.C3H8/c1-3-15-36-32(12-1)14-9-19-37(36)34-26-28-35(29-27-34)48-45-18-5-7-24-46(45)53-52(54-48)55-49-38-16-4-2-13-33(38)30-31-42(49)40-20-10-21-41(50(40)55)44-23-11-22-43-39-17-6-8-25-47(39)56-51(43)44;1-3-2/h1-31H;3H2,1-2H3. The third-order valence-electron chi connectivity index (χ3n) is 11.4. The Morgan fingerprint density at radius 1 is 0.407 bits per heavy atom. The Hall–Kier alpha value is -7.14. The van der Waals surface area contributed by atoms with Crippen LogP contribution >= 0.6 is 11.3 Å². The summed E-state index contributed by atoms with van der Waals surface area (Å²) in [6.07, 6.45) is 1.25. The summed E-state index contributed by atoms with van der Waals surface area (Å²) in [6, 6.07) is 67.8. The van der Waals surface area contributed by atoms with E-state index in [0.29, 0.717) is 5.95 Å². The monoisotopic (exact) mass is 773 g/mol. The van der Waals surface area contributed by atoms with E-state index in [4.69, 9.17) is 9.97 Å². The molecular weight excluding hydrogens is 735 g/mol. The minimum atomic E-state index is 0.657. The zero-order chi connectivity index (χ0) is 39.5. The molecule has 0 unspecified atom stereocenters. The summed E-state index contributed by atoms with van der Waals surface area (Å²) >= 11 is 1.86. The summed E-state index contributed by atoms with van der Waals surface area (Å²) in [7, 11) is 0. The van der Waals surface area contributed by atoms with Crippen LogP contribution < -0.4 is 0 Å². The summed E-state index contributed by atoms with van der Waals surface area (Å²) in [5, 5.41) is 10.8. The van der Waals surface area contributed by atoms with E-state index in [0.717, 1.165) is 38.8 Å². The van der Waals surface area contributed by atoms with Crippen LogP contribution in [0.15, 0.2) is 188 Å². The third-order valence-corrected chi connectivity index (χ3v) is 12.6. The summed E-state index contributed by atoms with van der Waals surface area (Å²) < 4.78 is 4.92. The van der Waals surface area contributed by atoms with Gasteiger partial charge in [-0.2, -0.15) is 0 Å². The zero-order valence-corrected chi connectivity index (χ0v) is 33.7. The molecule has 12 aromatic rings. The van der Waals surface area contributed by atoms with Crippen LogP contribution in [-0.2, 0) is 0 Å². The first-order chi connectivity index (χ1) is 29.2. The lowest BCUT2D eigenvalue weighted by Crippen LogP contribution is -2.04. The number of nitrogens with zero attached hydrogens (tertiary/aromatic N) is 3. The molecule has 0 aliphatic carbocycles. The minimum absolute atomic E-state index is 0.657. The first kappa shape index (κ1) is 35.1. The Balaban J connectivity index is 0.00000129. The van der Waals surface area contributed by atoms with E-state index in [1.54, 1.807) is 0 Å². The summed E-state index contributed by atoms with van der Waals surface area (Å²) in [5.74, 6) is 0.657. The largest absolute Gasteiger partial charge is 0.277 e. The molecule has 0 amide bonds. The fourth-order valence-electron chi connectivity index (χ4n) is 8.87. The molecule has 3 aromatic heterocycles. The highest BCUT2D eigenvalue weighted by Gasteiger charge is 2.23. The highest BCUT2D eigenvalue weighted by Crippen LogP contribution is 2.45. The Labute approximate surface area is 346 Å². The van der Waals surface area contributed by atoms with Gasteiger partial charge in [0, 0.05) is 58.4 Å². The molecule has 280 valence electrons. The van der Waals surface area contributed by atoms with Crippen LogP contribution in [0.1, 0.15) is 20.3 Å². The molecule has 0 radical (unpaired) electrons. The highest BCUT2D eigenvalue weighted by molar-refractivity contribution is 7.26. The van der Waals surface area contributed by atoms with Crippen molar-refractivity contribution >= 4 is 85.8 Å². The second kappa shape index (κ2) is 14.4. The van der Waals surface area contributed by atoms with Crippen molar-refractivity contribution in [1.82, 2.24) is 14.5 Å². The van der Waals surface area contributed by atoms with Crippen LogP contribution in [0, 0.1) is 0 Å². The number of aromatic nitrogens is 3. The predicted octanol–water partition coefficient (Wildman–Crippen LogP) is 15.8. The number of rotatable bonds is 4. The maximum absolute atomic E-state index is 5.56. The highest BCUT2D eigenvalue weighted by atomic mass is 32.1. The minimum Gasteiger partial charge on any atom is -0.277 e. The number of hydrogen-bond donors (Lipinski definition) is 0. The van der Waals surface area contributed by atoms with Gasteiger partial charge in [0.15, 0.2) is 0 Å². The Morgan fingerprint density at radius 2 is 0.966 bits per heavy atom. The SMILES string of the molecule is CCC.c1ccc2c(-c3ccc(-c4nc(-n5c6c(-c7cccc8c7sc7ccccc78)cccc6c6ccc7ccccc7c65)nc5ccccc45)cc3)cccc2c1. The molecule has 3 heterocycles. The maximum atomic E-state index is 5.56. The van der Waals surface area contributed by atoms with Crippen molar-refractivity contribution in [2.75, 3.05) is 0 Å². The van der Waals surface area contributed by atoms with Gasteiger partial charge in [0.1, 0.15) is 0 Å². The fourth-order valence-corrected chi connectivity index (χ4v) is 10.1. The molecule has 0 saturated heterocycles. The average Bonchev–Trinajstić information content (AvgIpc) is 3.85. The number of hydrogen-bond acceptors (Lipinski definition) is 3. The molecule has 9 aromatic carbocycles. The molecule has 4 heteroatoms. The van der Waals surface area contributed by atoms with E-state index in [1.165, 1.54) is 75.6 Å². The zero-order valence-electron chi connectivity index (χ0n) is 32.9. The summed E-state index contributed by atoms with van der Waals surface area (Å²) in [4.78, 5) is 11.0. The molecule has 0 spiro atoms. The summed E-state index contributed by atoms with van der Waals surface area (Å²) in [5.41, 5.74) is 9.87. The second-order valence-corrected chi connectivity index (χ2v) is 16.3. The predicted molar refractivity (Wildman–Crippen MR) is 254 cm³/mol. The van der Waals surface area contributed by atoms with Crippen molar-refractivity contribution in [2.24, 2.45) is 0 Å². The van der Waals surface area contributed by atoms with Crippen molar-refractivity contribution in [2.45, 2.75) is 20.3 Å². The van der Waals surface area contributed by atoms with E-state index < -0.39 is 0 Å². The van der Waals surface area contributed by atoms with E-state index in [2.05, 4.69) is 206 Å². The van der Waals surface area contributed by atoms with Crippen LogP contribution in [0.4, 0.5) is 0 Å². The van der Waals surface area contributed by atoms with Gasteiger partial charge in [0.05, 0.1) is 22.2 Å². The van der Waals surface area contributed by atoms with Crippen LogP contribution in [0.5, 0.6) is 0 Å². The number of fused-ring (bicyclic) bond motifs is 10. The van der Waals surface area contributed by atoms with Crippen LogP contribution in [0.25, 0.3) is 114 Å². The third kappa shape index (κ3) is 5.71. The Morgan fingerprint density at radius 3 is 1.78 bits per heavy atom. The van der Waals surface area contributed by atoms with E-state index in [-0.39, 0.29) is 0 Å². The molecule has 0 bridgehead atoms. The van der Waals surface area contributed by atoms with Crippen molar-refractivity contribution in [3.8, 4) is 39.5 Å². The lowest BCUT2D eigenvalue weighted by Gasteiger charge is -2.15. The molecule has 0 aliphatic rings. The maximum Gasteiger partial charge on any atom is 0.235 e. The fraction of sp³-hybridized carbons (Fsp3) is 0.0545. The van der Waals surface area contributed by atoms with Crippen molar-refractivity contribution in [3.63, 3.8) is 0 Å². The van der Waals surface area contributed by atoms with Crippen LogP contribution in [-0.4, -0.2) is 14.5 Å². The van der Waals surface area contributed by atoms with Crippen molar-refractivity contribution in [1.29, 1.82) is 0 Å². The van der Waals surface area contributed by atoms with Gasteiger partial charge in [-0.3, -0.25) is 4.57 Å². The van der Waals surface area contributed by atoms with Gasteiger partial charge in [-0.1, -0.05) is 196 Å². The smallest absolute Gasteiger partial charge is 0.235 e. The summed E-state index contributed by atoms with van der Waals surface area (Å²) in [6.45, 7) is 4.25. The van der Waals surface area contributed by atoms with Gasteiger partial charge in [0.25, 0.3) is 0 Å². The number of benzene rings is 9. The van der Waals surface area contributed by atoms with Gasteiger partial charge in [0.2, 0.25) is 5.95 Å². The van der Waals surface area contributed by atoms with Gasteiger partial charge >= 0.3 is 0 Å². The second-order valence-electron chi connectivity index (χ2n) is 15.2. The lowest BCUT2D eigenvalue weighted by molar-refractivity contribution is 1.02. The first-order valence-corrected chi connectivity index (χ1v) is 21.2. The van der Waals surface area contributed by atoms with Crippen LogP contribution in [0.2, 0.25) is 0 Å². The molecule has 12 rings (SSSR count).